The number of benzene rings is 2. The van der Waals surface area contributed by atoms with E-state index in [1.54, 1.807) is 19.9 Å². The molecule has 1 aliphatic heterocycles. The van der Waals surface area contributed by atoms with Crippen LogP contribution in [0.25, 0.3) is 0 Å². The van der Waals surface area contributed by atoms with Crippen LogP contribution >= 0.6 is 0 Å². The van der Waals surface area contributed by atoms with Crippen LogP contribution in [0.3, 0.4) is 0 Å². The summed E-state index contributed by atoms with van der Waals surface area (Å²) in [7, 11) is -7.39. The van der Waals surface area contributed by atoms with Crippen molar-refractivity contribution in [3.05, 3.63) is 53.6 Å². The zero-order valence-electron chi connectivity index (χ0n) is 17.2. The highest BCUT2D eigenvalue weighted by molar-refractivity contribution is 7.92. The lowest BCUT2D eigenvalue weighted by Crippen LogP contribution is -2.47. The fourth-order valence-electron chi connectivity index (χ4n) is 3.31. The summed E-state index contributed by atoms with van der Waals surface area (Å²) in [5, 5.41) is 0. The Morgan fingerprint density at radius 3 is 2.47 bits per heavy atom. The molecule has 0 aliphatic carbocycles. The summed E-state index contributed by atoms with van der Waals surface area (Å²) < 4.78 is 65.2. The molecule has 1 saturated heterocycles. The summed E-state index contributed by atoms with van der Waals surface area (Å²) >= 11 is 0. The maximum absolute atomic E-state index is 13.3. The van der Waals surface area contributed by atoms with E-state index < -0.39 is 26.2 Å². The van der Waals surface area contributed by atoms with Crippen LogP contribution in [0.4, 0.5) is 5.69 Å². The predicted molar refractivity (Wildman–Crippen MR) is 115 cm³/mol. The van der Waals surface area contributed by atoms with Crippen LogP contribution in [0.1, 0.15) is 11.1 Å². The second kappa shape index (κ2) is 8.93. The summed E-state index contributed by atoms with van der Waals surface area (Å²) in [5.41, 5.74) is 1.30. The van der Waals surface area contributed by atoms with Crippen LogP contribution in [0.15, 0.2) is 47.4 Å². The van der Waals surface area contributed by atoms with Gasteiger partial charge in [0.25, 0.3) is 0 Å². The predicted octanol–water partition coefficient (Wildman–Crippen LogP) is 2.14. The maximum atomic E-state index is 13.3. The van der Waals surface area contributed by atoms with Gasteiger partial charge in [0.2, 0.25) is 20.0 Å². The normalized spacial score (nSPS) is 18.2. The third-order valence-corrected chi connectivity index (χ3v) is 7.39. The first-order chi connectivity index (χ1) is 14.1. The molecule has 0 radical (unpaired) electrons. The second-order valence-corrected chi connectivity index (χ2v) is 10.9. The molecule has 0 bridgehead atoms. The Morgan fingerprint density at radius 2 is 1.80 bits per heavy atom. The van der Waals surface area contributed by atoms with E-state index >= 15 is 0 Å². The van der Waals surface area contributed by atoms with Crippen LogP contribution in [-0.2, 0) is 24.8 Å². The highest BCUT2D eigenvalue weighted by atomic mass is 32.2. The lowest BCUT2D eigenvalue weighted by molar-refractivity contribution is -0.0249. The number of ether oxygens (including phenoxy) is 2. The van der Waals surface area contributed by atoms with E-state index in [2.05, 4.69) is 4.72 Å². The van der Waals surface area contributed by atoms with Gasteiger partial charge in [0, 0.05) is 13.1 Å². The second-order valence-electron chi connectivity index (χ2n) is 7.23. The number of morpholine rings is 1. The lowest BCUT2D eigenvalue weighted by atomic mass is 10.1. The number of rotatable bonds is 7. The molecule has 0 spiro atoms. The summed E-state index contributed by atoms with van der Waals surface area (Å²) in [6.07, 6.45) is 0.625. The molecule has 30 heavy (non-hydrogen) atoms. The molecule has 1 heterocycles. The summed E-state index contributed by atoms with van der Waals surface area (Å²) in [5.74, 6) is 0.687. The number of aryl methyl sites for hydroxylation is 1. The third-order valence-electron chi connectivity index (χ3n) is 4.81. The molecule has 0 saturated carbocycles. The summed E-state index contributed by atoms with van der Waals surface area (Å²) in [6, 6.07) is 12.4. The molecule has 1 fully saturated rings. The number of sulfonamides is 2. The molecule has 164 valence electrons. The lowest BCUT2D eigenvalue weighted by Gasteiger charge is -2.32. The van der Waals surface area contributed by atoms with Crippen LogP contribution < -0.4 is 9.46 Å². The smallest absolute Gasteiger partial charge is 0.243 e. The van der Waals surface area contributed by atoms with E-state index in [0.29, 0.717) is 16.9 Å². The summed E-state index contributed by atoms with van der Waals surface area (Å²) in [6.45, 7) is 4.17. The fraction of sp³-hybridized carbons (Fsp3) is 0.400. The van der Waals surface area contributed by atoms with Gasteiger partial charge in [-0.1, -0.05) is 24.3 Å². The number of para-hydroxylation sites is 1. The van der Waals surface area contributed by atoms with E-state index in [4.69, 9.17) is 9.47 Å². The molecule has 0 aromatic heterocycles. The molecule has 8 nitrogen and oxygen atoms in total. The van der Waals surface area contributed by atoms with Gasteiger partial charge < -0.3 is 9.47 Å². The molecule has 2 aromatic carbocycles. The zero-order chi connectivity index (χ0) is 21.9. The van der Waals surface area contributed by atoms with Crippen molar-refractivity contribution in [2.75, 3.05) is 37.3 Å². The van der Waals surface area contributed by atoms with Gasteiger partial charge in [-0.15, -0.1) is 0 Å². The summed E-state index contributed by atoms with van der Waals surface area (Å²) in [4.78, 5) is 0.0730. The molecule has 2 aromatic rings. The molecule has 1 atom stereocenters. The number of nitrogens with zero attached hydrogens (tertiary/aromatic N) is 1. The minimum atomic E-state index is -3.84. The van der Waals surface area contributed by atoms with Crippen LogP contribution in [0.2, 0.25) is 0 Å². The zero-order valence-corrected chi connectivity index (χ0v) is 18.8. The largest absolute Gasteiger partial charge is 0.491 e. The van der Waals surface area contributed by atoms with Crippen molar-refractivity contribution >= 4 is 25.7 Å². The van der Waals surface area contributed by atoms with Crippen molar-refractivity contribution < 1.29 is 26.3 Å². The quantitative estimate of drug-likeness (QED) is 0.688. The van der Waals surface area contributed by atoms with Crippen molar-refractivity contribution in [2.45, 2.75) is 24.8 Å². The van der Waals surface area contributed by atoms with Crippen LogP contribution in [-0.4, -0.2) is 59.8 Å². The SMILES string of the molecule is Cc1ccc(S(=O)(=O)N2CCO[C@H](COc3ccccc3)C2)c(C)c1NS(C)(=O)=O. The van der Waals surface area contributed by atoms with Gasteiger partial charge in [-0.25, -0.2) is 16.8 Å². The van der Waals surface area contributed by atoms with Crippen molar-refractivity contribution in [1.29, 1.82) is 0 Å². The monoisotopic (exact) mass is 454 g/mol. The van der Waals surface area contributed by atoms with Crippen molar-refractivity contribution in [1.82, 2.24) is 4.31 Å². The molecule has 0 amide bonds. The third kappa shape index (κ3) is 5.31. The van der Waals surface area contributed by atoms with E-state index in [1.165, 1.54) is 10.4 Å². The van der Waals surface area contributed by atoms with E-state index in [1.807, 2.05) is 30.3 Å². The molecule has 10 heteroatoms. The fourth-order valence-corrected chi connectivity index (χ4v) is 5.68. The van der Waals surface area contributed by atoms with Gasteiger partial charge in [-0.3, -0.25) is 4.72 Å². The molecule has 1 aliphatic rings. The average Bonchev–Trinajstić information content (AvgIpc) is 2.69. The van der Waals surface area contributed by atoms with E-state index in [0.717, 1.165) is 6.26 Å². The van der Waals surface area contributed by atoms with Crippen LogP contribution in [0.5, 0.6) is 5.75 Å². The van der Waals surface area contributed by atoms with E-state index in [9.17, 15) is 16.8 Å². The van der Waals surface area contributed by atoms with Crippen molar-refractivity contribution in [3.8, 4) is 5.75 Å². The Labute approximate surface area is 177 Å². The van der Waals surface area contributed by atoms with Gasteiger partial charge in [-0.05, 0) is 43.2 Å². The maximum Gasteiger partial charge on any atom is 0.243 e. The Hall–Kier alpha value is -2.14. The first-order valence-corrected chi connectivity index (χ1v) is 12.8. The molecule has 0 unspecified atom stereocenters. The first-order valence-electron chi connectivity index (χ1n) is 9.45. The topological polar surface area (TPSA) is 102 Å². The molecule has 3 rings (SSSR count). The minimum absolute atomic E-state index is 0.0730. The number of anilines is 1. The Morgan fingerprint density at radius 1 is 1.10 bits per heavy atom. The Bertz CT molecular complexity index is 1100. The molecular weight excluding hydrogens is 428 g/mol. The van der Waals surface area contributed by atoms with Gasteiger partial charge in [0.15, 0.2) is 0 Å². The Balaban J connectivity index is 1.80. The van der Waals surface area contributed by atoms with Gasteiger partial charge in [0.05, 0.1) is 23.4 Å². The van der Waals surface area contributed by atoms with Crippen LogP contribution in [0, 0.1) is 13.8 Å². The van der Waals surface area contributed by atoms with Gasteiger partial charge in [-0.2, -0.15) is 4.31 Å². The van der Waals surface area contributed by atoms with Gasteiger partial charge in [0.1, 0.15) is 18.5 Å². The molecular formula is C20H26N2O6S2. The van der Waals surface area contributed by atoms with Gasteiger partial charge >= 0.3 is 0 Å². The number of hydrogen-bond donors (Lipinski definition) is 1. The minimum Gasteiger partial charge on any atom is -0.491 e. The van der Waals surface area contributed by atoms with Crippen molar-refractivity contribution in [3.63, 3.8) is 0 Å². The molecule has 1 N–H and O–H groups in total. The Kier molecular flexibility index (Phi) is 6.71. The average molecular weight is 455 g/mol. The van der Waals surface area contributed by atoms with E-state index in [-0.39, 0.29) is 36.9 Å². The number of hydrogen-bond acceptors (Lipinski definition) is 6. The first kappa shape index (κ1) is 22.5. The standard InChI is InChI=1S/C20H26N2O6S2/c1-15-9-10-19(16(2)20(15)21-29(3,23)24)30(25,26)22-11-12-27-18(13-22)14-28-17-7-5-4-6-8-17/h4-10,18,21H,11-14H2,1-3H3/t18-/m0/s1. The highest BCUT2D eigenvalue weighted by Gasteiger charge is 2.33. The number of nitrogens with one attached hydrogen (secondary N) is 1. The highest BCUT2D eigenvalue weighted by Crippen LogP contribution is 2.30. The van der Waals surface area contributed by atoms with Crippen molar-refractivity contribution in [2.24, 2.45) is 0 Å².